The number of nitrogens with one attached hydrogen (secondary N) is 3. The number of urea groups is 1. The molecule has 0 aliphatic carbocycles. The van der Waals surface area contributed by atoms with Gasteiger partial charge in [-0.15, -0.1) is 0 Å². The molecular formula is C25H28N4O4. The maximum absolute atomic E-state index is 12.7. The zero-order valence-electron chi connectivity index (χ0n) is 18.6. The van der Waals surface area contributed by atoms with E-state index in [1.54, 1.807) is 7.11 Å². The Labute approximate surface area is 192 Å². The Morgan fingerprint density at radius 3 is 2.67 bits per heavy atom. The zero-order chi connectivity index (χ0) is 23.2. The number of hydrogen-bond donors (Lipinski definition) is 3. The number of ether oxygens (including phenoxy) is 1. The standard InChI is InChI=1S/C25H28N4O4/c1-33-19-8-6-17(7-9-19)12-14-26-23(30)11-10-22-24(31)29(25(32)28-22)15-13-18-16-27-21-5-3-2-4-20(18)21/h2-9,16,22,27H,10-15H2,1H3,(H,26,30)(H,28,32). The van der Waals surface area contributed by atoms with E-state index in [4.69, 9.17) is 4.74 Å². The quantitative estimate of drug-likeness (QED) is 0.415. The minimum atomic E-state index is -0.659. The summed E-state index contributed by atoms with van der Waals surface area (Å²) in [5, 5.41) is 6.67. The van der Waals surface area contributed by atoms with Gasteiger partial charge in [0, 0.05) is 36.6 Å². The maximum atomic E-state index is 12.7. The van der Waals surface area contributed by atoms with Crippen molar-refractivity contribution >= 4 is 28.7 Å². The van der Waals surface area contributed by atoms with Gasteiger partial charge in [-0.25, -0.2) is 4.79 Å². The molecule has 1 aliphatic rings. The second-order valence-corrected chi connectivity index (χ2v) is 8.09. The first-order chi connectivity index (χ1) is 16.0. The van der Waals surface area contributed by atoms with Crippen LogP contribution in [0, 0.1) is 0 Å². The van der Waals surface area contributed by atoms with Gasteiger partial charge in [0.2, 0.25) is 5.91 Å². The molecule has 1 aliphatic heterocycles. The van der Waals surface area contributed by atoms with Crippen molar-refractivity contribution in [1.82, 2.24) is 20.5 Å². The average Bonchev–Trinajstić information content (AvgIpc) is 3.36. The van der Waals surface area contributed by atoms with Gasteiger partial charge in [-0.1, -0.05) is 30.3 Å². The number of para-hydroxylation sites is 1. The van der Waals surface area contributed by atoms with E-state index in [0.29, 0.717) is 25.9 Å². The normalized spacial score (nSPS) is 15.7. The molecule has 0 saturated carbocycles. The number of carbonyl (C=O) groups excluding carboxylic acids is 3. The van der Waals surface area contributed by atoms with E-state index in [0.717, 1.165) is 27.8 Å². The second kappa shape index (κ2) is 10.2. The molecule has 0 radical (unpaired) electrons. The van der Waals surface area contributed by atoms with E-state index in [1.807, 2.05) is 54.7 Å². The lowest BCUT2D eigenvalue weighted by molar-refractivity contribution is -0.127. The van der Waals surface area contributed by atoms with Gasteiger partial charge in [0.25, 0.3) is 5.91 Å². The van der Waals surface area contributed by atoms with Gasteiger partial charge in [-0.3, -0.25) is 14.5 Å². The van der Waals surface area contributed by atoms with Crippen molar-refractivity contribution < 1.29 is 19.1 Å². The molecule has 1 unspecified atom stereocenters. The minimum Gasteiger partial charge on any atom is -0.497 e. The van der Waals surface area contributed by atoms with Gasteiger partial charge >= 0.3 is 6.03 Å². The summed E-state index contributed by atoms with van der Waals surface area (Å²) in [5.41, 5.74) is 3.19. The third-order valence-electron chi connectivity index (χ3n) is 5.94. The number of H-pyrrole nitrogens is 1. The molecular weight excluding hydrogens is 420 g/mol. The van der Waals surface area contributed by atoms with Crippen molar-refractivity contribution in [3.63, 3.8) is 0 Å². The van der Waals surface area contributed by atoms with Crippen LogP contribution in [0.1, 0.15) is 24.0 Å². The van der Waals surface area contributed by atoms with Crippen LogP contribution in [0.2, 0.25) is 0 Å². The average molecular weight is 449 g/mol. The molecule has 8 heteroatoms. The van der Waals surface area contributed by atoms with Crippen LogP contribution in [-0.4, -0.2) is 54.0 Å². The second-order valence-electron chi connectivity index (χ2n) is 8.09. The Bertz CT molecular complexity index is 1140. The van der Waals surface area contributed by atoms with Crippen LogP contribution in [0.5, 0.6) is 5.75 Å². The first-order valence-corrected chi connectivity index (χ1v) is 11.1. The lowest BCUT2D eigenvalue weighted by Crippen LogP contribution is -2.34. The van der Waals surface area contributed by atoms with Crippen LogP contribution in [-0.2, 0) is 22.4 Å². The summed E-state index contributed by atoms with van der Waals surface area (Å²) in [4.78, 5) is 41.7. The Morgan fingerprint density at radius 2 is 1.88 bits per heavy atom. The van der Waals surface area contributed by atoms with Crippen LogP contribution < -0.4 is 15.4 Å². The highest BCUT2D eigenvalue weighted by molar-refractivity contribution is 6.04. The van der Waals surface area contributed by atoms with Gasteiger partial charge in [0.05, 0.1) is 7.11 Å². The largest absolute Gasteiger partial charge is 0.497 e. The van der Waals surface area contributed by atoms with Crippen molar-refractivity contribution in [2.45, 2.75) is 31.7 Å². The van der Waals surface area contributed by atoms with Gasteiger partial charge in [-0.05, 0) is 48.6 Å². The highest BCUT2D eigenvalue weighted by Crippen LogP contribution is 2.19. The molecule has 1 fully saturated rings. The molecule has 8 nitrogen and oxygen atoms in total. The molecule has 4 rings (SSSR count). The number of carbonyl (C=O) groups is 3. The van der Waals surface area contributed by atoms with E-state index in [1.165, 1.54) is 4.90 Å². The number of aromatic amines is 1. The number of fused-ring (bicyclic) bond motifs is 1. The molecule has 172 valence electrons. The molecule has 3 N–H and O–H groups in total. The highest BCUT2D eigenvalue weighted by Gasteiger charge is 2.37. The predicted octanol–water partition coefficient (Wildman–Crippen LogP) is 2.78. The fraction of sp³-hybridized carbons (Fsp3) is 0.320. The molecule has 1 saturated heterocycles. The van der Waals surface area contributed by atoms with Gasteiger partial charge in [0.15, 0.2) is 0 Å². The minimum absolute atomic E-state index is 0.136. The lowest BCUT2D eigenvalue weighted by Gasteiger charge is -2.12. The fourth-order valence-electron chi connectivity index (χ4n) is 4.06. The smallest absolute Gasteiger partial charge is 0.324 e. The van der Waals surface area contributed by atoms with Crippen LogP contribution in [0.15, 0.2) is 54.7 Å². The summed E-state index contributed by atoms with van der Waals surface area (Å²) >= 11 is 0. The van der Waals surface area contributed by atoms with Crippen molar-refractivity contribution in [3.05, 3.63) is 65.9 Å². The summed E-state index contributed by atoms with van der Waals surface area (Å²) in [6, 6.07) is 14.6. The Hall–Kier alpha value is -3.81. The van der Waals surface area contributed by atoms with Gasteiger partial charge < -0.3 is 20.4 Å². The Balaban J connectivity index is 1.20. The topological polar surface area (TPSA) is 104 Å². The lowest BCUT2D eigenvalue weighted by atomic mass is 10.1. The van der Waals surface area contributed by atoms with E-state index in [-0.39, 0.29) is 24.7 Å². The molecule has 0 bridgehead atoms. The number of hydrogen-bond acceptors (Lipinski definition) is 4. The highest BCUT2D eigenvalue weighted by atomic mass is 16.5. The van der Waals surface area contributed by atoms with Crippen molar-refractivity contribution in [2.24, 2.45) is 0 Å². The summed E-state index contributed by atoms with van der Waals surface area (Å²) in [7, 11) is 1.62. The fourth-order valence-corrected chi connectivity index (χ4v) is 4.06. The molecule has 1 atom stereocenters. The molecule has 3 aromatic rings. The van der Waals surface area contributed by atoms with Crippen LogP contribution in [0.3, 0.4) is 0 Å². The molecule has 2 aromatic carbocycles. The zero-order valence-corrected chi connectivity index (χ0v) is 18.6. The summed E-state index contributed by atoms with van der Waals surface area (Å²) < 4.78 is 5.14. The number of rotatable bonds is 10. The van der Waals surface area contributed by atoms with E-state index < -0.39 is 12.1 Å². The number of nitrogens with zero attached hydrogens (tertiary/aromatic N) is 1. The van der Waals surface area contributed by atoms with Crippen molar-refractivity contribution in [2.75, 3.05) is 20.2 Å². The summed E-state index contributed by atoms with van der Waals surface area (Å²) in [5.74, 6) is 0.384. The first-order valence-electron chi connectivity index (χ1n) is 11.1. The molecule has 1 aromatic heterocycles. The van der Waals surface area contributed by atoms with E-state index >= 15 is 0 Å². The predicted molar refractivity (Wildman–Crippen MR) is 125 cm³/mol. The number of benzene rings is 2. The number of amides is 4. The Morgan fingerprint density at radius 1 is 1.09 bits per heavy atom. The molecule has 4 amide bonds. The van der Waals surface area contributed by atoms with Crippen molar-refractivity contribution in [3.8, 4) is 5.75 Å². The Kier molecular flexibility index (Phi) is 6.92. The molecule has 0 spiro atoms. The first kappa shape index (κ1) is 22.4. The van der Waals surface area contributed by atoms with Crippen LogP contribution in [0.25, 0.3) is 10.9 Å². The van der Waals surface area contributed by atoms with E-state index in [9.17, 15) is 14.4 Å². The van der Waals surface area contributed by atoms with Gasteiger partial charge in [-0.2, -0.15) is 0 Å². The molecule has 33 heavy (non-hydrogen) atoms. The SMILES string of the molecule is COc1ccc(CCNC(=O)CCC2NC(=O)N(CCc3c[nH]c4ccccc34)C2=O)cc1. The maximum Gasteiger partial charge on any atom is 0.324 e. The summed E-state index contributed by atoms with van der Waals surface area (Å²) in [6.45, 7) is 0.809. The number of methoxy groups -OCH3 is 1. The van der Waals surface area contributed by atoms with Gasteiger partial charge in [0.1, 0.15) is 11.8 Å². The summed E-state index contributed by atoms with van der Waals surface area (Å²) in [6.07, 6.45) is 3.65. The number of aromatic nitrogens is 1. The monoisotopic (exact) mass is 448 g/mol. The van der Waals surface area contributed by atoms with E-state index in [2.05, 4.69) is 15.6 Å². The van der Waals surface area contributed by atoms with Crippen LogP contribution in [0.4, 0.5) is 4.79 Å². The molecule has 2 heterocycles. The van der Waals surface area contributed by atoms with Crippen molar-refractivity contribution in [1.29, 1.82) is 0 Å². The number of imide groups is 1. The van der Waals surface area contributed by atoms with Crippen LogP contribution >= 0.6 is 0 Å². The third-order valence-corrected chi connectivity index (χ3v) is 5.94. The third kappa shape index (κ3) is 5.34.